The lowest BCUT2D eigenvalue weighted by atomic mass is 9.86. The molecule has 1 rings (SSSR count). The van der Waals surface area contributed by atoms with E-state index in [1.54, 1.807) is 26.0 Å². The lowest BCUT2D eigenvalue weighted by Crippen LogP contribution is -2.35. The largest absolute Gasteiger partial charge is 0.496 e. The van der Waals surface area contributed by atoms with Gasteiger partial charge < -0.3 is 14.7 Å². The van der Waals surface area contributed by atoms with Gasteiger partial charge in [-0.1, -0.05) is 20.8 Å². The summed E-state index contributed by atoms with van der Waals surface area (Å²) in [6, 6.07) is 5.20. The summed E-state index contributed by atoms with van der Waals surface area (Å²) in [6.45, 7) is 7.99. The average molecular weight is 265 g/mol. The molecule has 0 aliphatic rings. The summed E-state index contributed by atoms with van der Waals surface area (Å²) < 4.78 is 5.38. The van der Waals surface area contributed by atoms with Gasteiger partial charge in [-0.05, 0) is 30.5 Å². The molecular weight excluding hydrogens is 242 g/mol. The van der Waals surface area contributed by atoms with Crippen molar-refractivity contribution < 1.29 is 14.6 Å². The molecule has 0 saturated carbocycles. The minimum atomic E-state index is -0.837. The van der Waals surface area contributed by atoms with Gasteiger partial charge in [0.05, 0.1) is 7.11 Å². The smallest absolute Gasteiger partial charge is 0.326 e. The number of anilines is 1. The SMILES string of the molecule is COc1ccc(N(C)C(C)C(=O)O)cc1C(C)(C)C. The van der Waals surface area contributed by atoms with Crippen LogP contribution in [0.1, 0.15) is 33.3 Å². The number of rotatable bonds is 4. The Kier molecular flexibility index (Phi) is 4.45. The van der Waals surface area contributed by atoms with Gasteiger partial charge in [-0.25, -0.2) is 4.79 Å². The van der Waals surface area contributed by atoms with Crippen molar-refractivity contribution in [1.29, 1.82) is 0 Å². The van der Waals surface area contributed by atoms with Crippen LogP contribution in [0.2, 0.25) is 0 Å². The van der Waals surface area contributed by atoms with Crippen LogP contribution in [0.25, 0.3) is 0 Å². The monoisotopic (exact) mass is 265 g/mol. The van der Waals surface area contributed by atoms with Crippen molar-refractivity contribution in [3.05, 3.63) is 23.8 Å². The Morgan fingerprint density at radius 3 is 2.37 bits per heavy atom. The molecule has 0 spiro atoms. The molecule has 4 nitrogen and oxygen atoms in total. The first kappa shape index (κ1) is 15.3. The lowest BCUT2D eigenvalue weighted by Gasteiger charge is -2.28. The van der Waals surface area contributed by atoms with E-state index in [1.807, 2.05) is 18.2 Å². The van der Waals surface area contributed by atoms with Crippen molar-refractivity contribution in [2.45, 2.75) is 39.2 Å². The average Bonchev–Trinajstić information content (AvgIpc) is 2.35. The highest BCUT2D eigenvalue weighted by molar-refractivity contribution is 5.77. The Morgan fingerprint density at radius 2 is 1.95 bits per heavy atom. The minimum Gasteiger partial charge on any atom is -0.496 e. The summed E-state index contributed by atoms with van der Waals surface area (Å²) in [5.41, 5.74) is 1.88. The van der Waals surface area contributed by atoms with Crippen LogP contribution < -0.4 is 9.64 Å². The van der Waals surface area contributed by atoms with Gasteiger partial charge >= 0.3 is 5.97 Å². The highest BCUT2D eigenvalue weighted by Gasteiger charge is 2.22. The molecule has 0 aromatic heterocycles. The maximum absolute atomic E-state index is 11.1. The Hall–Kier alpha value is -1.71. The first-order chi connectivity index (χ1) is 8.68. The van der Waals surface area contributed by atoms with Gasteiger partial charge in [-0.3, -0.25) is 0 Å². The van der Waals surface area contributed by atoms with Crippen LogP contribution in [-0.2, 0) is 10.2 Å². The number of carbonyl (C=O) groups is 1. The maximum atomic E-state index is 11.1. The number of aliphatic carboxylic acids is 1. The number of nitrogens with zero attached hydrogens (tertiary/aromatic N) is 1. The second-order valence-electron chi connectivity index (χ2n) is 5.76. The van der Waals surface area contributed by atoms with E-state index in [4.69, 9.17) is 9.84 Å². The van der Waals surface area contributed by atoms with E-state index in [-0.39, 0.29) is 5.41 Å². The van der Waals surface area contributed by atoms with Gasteiger partial charge in [-0.2, -0.15) is 0 Å². The van der Waals surface area contributed by atoms with Gasteiger partial charge in [-0.15, -0.1) is 0 Å². The number of methoxy groups -OCH3 is 1. The van der Waals surface area contributed by atoms with E-state index in [1.165, 1.54) is 0 Å². The first-order valence-electron chi connectivity index (χ1n) is 6.32. The number of hydrogen-bond acceptors (Lipinski definition) is 3. The normalized spacial score (nSPS) is 12.9. The Balaban J connectivity index is 3.22. The molecule has 1 atom stereocenters. The highest BCUT2D eigenvalue weighted by Crippen LogP contribution is 2.34. The van der Waals surface area contributed by atoms with Gasteiger partial charge in [0.15, 0.2) is 0 Å². The van der Waals surface area contributed by atoms with Crippen LogP contribution >= 0.6 is 0 Å². The van der Waals surface area contributed by atoms with E-state index in [2.05, 4.69) is 20.8 Å². The third kappa shape index (κ3) is 3.40. The second kappa shape index (κ2) is 5.51. The van der Waals surface area contributed by atoms with Crippen LogP contribution in [0.15, 0.2) is 18.2 Å². The minimum absolute atomic E-state index is 0.0609. The van der Waals surface area contributed by atoms with E-state index < -0.39 is 12.0 Å². The molecule has 0 fully saturated rings. The molecule has 0 aliphatic heterocycles. The van der Waals surface area contributed by atoms with Gasteiger partial charge in [0.2, 0.25) is 0 Å². The Labute approximate surface area is 115 Å². The van der Waals surface area contributed by atoms with Crippen LogP contribution in [0, 0.1) is 0 Å². The molecule has 0 amide bonds. The fourth-order valence-corrected chi connectivity index (χ4v) is 1.89. The third-order valence-electron chi connectivity index (χ3n) is 3.34. The van der Waals surface area contributed by atoms with E-state index >= 15 is 0 Å². The molecule has 19 heavy (non-hydrogen) atoms. The number of carboxylic acid groups (broad SMARTS) is 1. The predicted molar refractivity (Wildman–Crippen MR) is 77.2 cm³/mol. The van der Waals surface area contributed by atoms with E-state index in [9.17, 15) is 4.79 Å². The molecule has 1 aromatic rings. The van der Waals surface area contributed by atoms with Crippen LogP contribution in [0.4, 0.5) is 5.69 Å². The number of ether oxygens (including phenoxy) is 1. The molecular formula is C15H23NO3. The molecule has 0 aliphatic carbocycles. The fraction of sp³-hybridized carbons (Fsp3) is 0.533. The van der Waals surface area contributed by atoms with Crippen molar-refractivity contribution in [2.75, 3.05) is 19.1 Å². The number of likely N-dealkylation sites (N-methyl/N-ethyl adjacent to an activating group) is 1. The standard InChI is InChI=1S/C15H23NO3/c1-10(14(17)18)16(5)11-7-8-13(19-6)12(9-11)15(2,3)4/h7-10H,1-6H3,(H,17,18). The molecule has 0 radical (unpaired) electrons. The first-order valence-corrected chi connectivity index (χ1v) is 6.32. The summed E-state index contributed by atoms with van der Waals surface area (Å²) in [5, 5.41) is 9.08. The van der Waals surface area contributed by atoms with Crippen LogP contribution in [0.3, 0.4) is 0 Å². The molecule has 0 bridgehead atoms. The quantitative estimate of drug-likeness (QED) is 0.909. The summed E-state index contributed by atoms with van der Waals surface area (Å²) in [7, 11) is 3.43. The fourth-order valence-electron chi connectivity index (χ4n) is 1.89. The molecule has 106 valence electrons. The molecule has 4 heteroatoms. The van der Waals surface area contributed by atoms with Crippen molar-refractivity contribution in [3.63, 3.8) is 0 Å². The van der Waals surface area contributed by atoms with E-state index in [0.29, 0.717) is 0 Å². The van der Waals surface area contributed by atoms with Gasteiger partial charge in [0.1, 0.15) is 11.8 Å². The van der Waals surface area contributed by atoms with Crippen molar-refractivity contribution in [1.82, 2.24) is 0 Å². The number of carboxylic acids is 1. The summed E-state index contributed by atoms with van der Waals surface area (Å²) in [5.74, 6) is -0.0109. The van der Waals surface area contributed by atoms with Gasteiger partial charge in [0.25, 0.3) is 0 Å². The zero-order valence-electron chi connectivity index (χ0n) is 12.5. The molecule has 0 saturated heterocycles. The second-order valence-corrected chi connectivity index (χ2v) is 5.76. The zero-order valence-corrected chi connectivity index (χ0v) is 12.5. The van der Waals surface area contributed by atoms with Crippen molar-refractivity contribution >= 4 is 11.7 Å². The lowest BCUT2D eigenvalue weighted by molar-refractivity contribution is -0.138. The third-order valence-corrected chi connectivity index (χ3v) is 3.34. The predicted octanol–water partition coefficient (Wildman–Crippen LogP) is 2.90. The summed E-state index contributed by atoms with van der Waals surface area (Å²) in [6.07, 6.45) is 0. The van der Waals surface area contributed by atoms with Crippen LogP contribution in [-0.4, -0.2) is 31.3 Å². The zero-order chi connectivity index (χ0) is 14.8. The number of hydrogen-bond donors (Lipinski definition) is 1. The van der Waals surface area contributed by atoms with Crippen molar-refractivity contribution in [3.8, 4) is 5.75 Å². The maximum Gasteiger partial charge on any atom is 0.326 e. The van der Waals surface area contributed by atoms with Gasteiger partial charge in [0, 0.05) is 18.3 Å². The van der Waals surface area contributed by atoms with Crippen LogP contribution in [0.5, 0.6) is 5.75 Å². The van der Waals surface area contributed by atoms with Crippen molar-refractivity contribution in [2.24, 2.45) is 0 Å². The Bertz CT molecular complexity index is 463. The molecule has 1 aromatic carbocycles. The Morgan fingerprint density at radius 1 is 1.37 bits per heavy atom. The highest BCUT2D eigenvalue weighted by atomic mass is 16.5. The summed E-state index contributed by atoms with van der Waals surface area (Å²) >= 11 is 0. The van der Waals surface area contributed by atoms with E-state index in [0.717, 1.165) is 17.0 Å². The summed E-state index contributed by atoms with van der Waals surface area (Å²) in [4.78, 5) is 12.8. The molecule has 0 heterocycles. The molecule has 1 N–H and O–H groups in total. The molecule has 1 unspecified atom stereocenters. The topological polar surface area (TPSA) is 49.8 Å². The number of benzene rings is 1.